The van der Waals surface area contributed by atoms with Crippen molar-refractivity contribution >= 4 is 27.5 Å². The molecule has 146 valence electrons. The van der Waals surface area contributed by atoms with Crippen LogP contribution in [0, 0.1) is 0 Å². The van der Waals surface area contributed by atoms with E-state index >= 15 is 0 Å². The lowest BCUT2D eigenvalue weighted by atomic mass is 10.1. The van der Waals surface area contributed by atoms with Crippen LogP contribution in [0.5, 0.6) is 23.0 Å². The van der Waals surface area contributed by atoms with Crippen LogP contribution >= 0.6 is 11.3 Å². The Morgan fingerprint density at radius 3 is 2.61 bits per heavy atom. The van der Waals surface area contributed by atoms with Gasteiger partial charge in [0.15, 0.2) is 16.3 Å². The highest BCUT2D eigenvalue weighted by atomic mass is 32.1. The number of aromatic nitrogens is 1. The Bertz CT molecular complexity index is 1120. The second-order valence-corrected chi connectivity index (χ2v) is 7.28. The fourth-order valence-electron chi connectivity index (χ4n) is 3.08. The second-order valence-electron chi connectivity index (χ2n) is 6.27. The lowest BCUT2D eigenvalue weighted by molar-refractivity contribution is -0.117. The molecule has 0 fully saturated rings. The van der Waals surface area contributed by atoms with E-state index in [2.05, 4.69) is 4.99 Å². The van der Waals surface area contributed by atoms with E-state index in [0.29, 0.717) is 35.3 Å². The number of rotatable bonds is 4. The van der Waals surface area contributed by atoms with Crippen molar-refractivity contribution in [1.29, 1.82) is 0 Å². The normalized spacial score (nSPS) is 13.6. The number of amides is 1. The molecule has 2 heterocycles. The van der Waals surface area contributed by atoms with Crippen LogP contribution in [0.4, 0.5) is 0 Å². The summed E-state index contributed by atoms with van der Waals surface area (Å²) in [5.74, 6) is 2.47. The number of methoxy groups -OCH3 is 2. The first-order chi connectivity index (χ1) is 13.6. The van der Waals surface area contributed by atoms with Gasteiger partial charge in [-0.15, -0.1) is 0 Å². The van der Waals surface area contributed by atoms with E-state index in [1.54, 1.807) is 26.4 Å². The Hall–Kier alpha value is -3.00. The molecule has 0 atom stereocenters. The highest BCUT2D eigenvalue weighted by Crippen LogP contribution is 2.35. The summed E-state index contributed by atoms with van der Waals surface area (Å²) in [6.45, 7) is 1.07. The quantitative estimate of drug-likeness (QED) is 0.673. The molecule has 1 aliphatic rings. The van der Waals surface area contributed by atoms with Gasteiger partial charge in [0.1, 0.15) is 24.7 Å². The first-order valence-corrected chi connectivity index (χ1v) is 9.58. The summed E-state index contributed by atoms with van der Waals surface area (Å²) in [5, 5.41) is 0. The van der Waals surface area contributed by atoms with E-state index in [0.717, 1.165) is 21.5 Å². The average molecular weight is 400 g/mol. The monoisotopic (exact) mass is 400 g/mol. The zero-order valence-electron chi connectivity index (χ0n) is 15.9. The number of carbonyl (C=O) groups excluding carboxylic acids is 1. The van der Waals surface area contributed by atoms with Crippen LogP contribution in [0.1, 0.15) is 5.56 Å². The molecule has 0 unspecified atom stereocenters. The van der Waals surface area contributed by atoms with Crippen molar-refractivity contribution in [2.45, 2.75) is 6.42 Å². The van der Waals surface area contributed by atoms with Crippen LogP contribution < -0.4 is 23.7 Å². The third-order valence-electron chi connectivity index (χ3n) is 4.53. The molecule has 1 aliphatic heterocycles. The second kappa shape index (κ2) is 7.55. The highest BCUT2D eigenvalue weighted by molar-refractivity contribution is 7.16. The number of hydrogen-bond acceptors (Lipinski definition) is 6. The molecule has 0 saturated carbocycles. The number of aryl methyl sites for hydroxylation is 1. The molecule has 1 amide bonds. The Balaban J connectivity index is 1.66. The van der Waals surface area contributed by atoms with Crippen LogP contribution in [0.25, 0.3) is 10.2 Å². The van der Waals surface area contributed by atoms with Crippen LogP contribution in [-0.4, -0.2) is 37.9 Å². The smallest absolute Gasteiger partial charge is 0.252 e. The fraction of sp³-hybridized carbons (Fsp3) is 0.300. The average Bonchev–Trinajstić information content (AvgIpc) is 3.01. The highest BCUT2D eigenvalue weighted by Gasteiger charge is 2.16. The molecule has 0 N–H and O–H groups in total. The number of thiazole rings is 1. The van der Waals surface area contributed by atoms with Gasteiger partial charge >= 0.3 is 0 Å². The van der Waals surface area contributed by atoms with E-state index < -0.39 is 0 Å². The van der Waals surface area contributed by atoms with Gasteiger partial charge in [-0.05, 0) is 6.07 Å². The Morgan fingerprint density at radius 2 is 1.89 bits per heavy atom. The van der Waals surface area contributed by atoms with Gasteiger partial charge in [0, 0.05) is 30.8 Å². The van der Waals surface area contributed by atoms with Gasteiger partial charge in [-0.2, -0.15) is 4.99 Å². The molecule has 1 aromatic heterocycles. The Labute approximate surface area is 165 Å². The summed E-state index contributed by atoms with van der Waals surface area (Å²) in [7, 11) is 5.04. The lowest BCUT2D eigenvalue weighted by Gasteiger charge is -2.18. The summed E-state index contributed by atoms with van der Waals surface area (Å²) in [6.07, 6.45) is 0.143. The van der Waals surface area contributed by atoms with Gasteiger partial charge in [0.25, 0.3) is 5.91 Å². The largest absolute Gasteiger partial charge is 0.497 e. The molecular weight excluding hydrogens is 380 g/mol. The minimum absolute atomic E-state index is 0.143. The standard InChI is InChI=1S/C20H20N2O5S/c1-22-14-10-16-17(27-7-6-26-16)11-18(14)28-20(22)21-19(23)8-12-4-5-13(24-2)9-15(12)25-3/h4-5,9-11H,6-8H2,1-3H3. The number of nitrogens with zero attached hydrogens (tertiary/aromatic N) is 2. The van der Waals surface area contributed by atoms with Gasteiger partial charge in [-0.3, -0.25) is 4.79 Å². The van der Waals surface area contributed by atoms with E-state index in [-0.39, 0.29) is 12.3 Å². The maximum Gasteiger partial charge on any atom is 0.252 e. The minimum Gasteiger partial charge on any atom is -0.497 e. The molecule has 0 bridgehead atoms. The van der Waals surface area contributed by atoms with Crippen molar-refractivity contribution in [3.05, 3.63) is 40.7 Å². The van der Waals surface area contributed by atoms with Gasteiger partial charge < -0.3 is 23.5 Å². The predicted octanol–water partition coefficient (Wildman–Crippen LogP) is 2.70. The molecule has 0 spiro atoms. The van der Waals surface area contributed by atoms with Crippen molar-refractivity contribution < 1.29 is 23.7 Å². The van der Waals surface area contributed by atoms with Gasteiger partial charge in [0.2, 0.25) is 0 Å². The van der Waals surface area contributed by atoms with Gasteiger partial charge in [-0.1, -0.05) is 17.4 Å². The fourth-order valence-corrected chi connectivity index (χ4v) is 4.12. The van der Waals surface area contributed by atoms with Gasteiger partial charge in [0.05, 0.1) is 30.9 Å². The third-order valence-corrected chi connectivity index (χ3v) is 5.62. The van der Waals surface area contributed by atoms with E-state index in [1.165, 1.54) is 11.3 Å². The zero-order chi connectivity index (χ0) is 19.7. The van der Waals surface area contributed by atoms with E-state index in [9.17, 15) is 4.79 Å². The van der Waals surface area contributed by atoms with Crippen LogP contribution in [0.2, 0.25) is 0 Å². The van der Waals surface area contributed by atoms with Crippen molar-refractivity contribution in [2.75, 3.05) is 27.4 Å². The van der Waals surface area contributed by atoms with E-state index in [4.69, 9.17) is 18.9 Å². The minimum atomic E-state index is -0.247. The topological polar surface area (TPSA) is 71.3 Å². The molecule has 7 nitrogen and oxygen atoms in total. The molecule has 0 radical (unpaired) electrons. The van der Waals surface area contributed by atoms with Crippen LogP contribution in [0.15, 0.2) is 35.3 Å². The lowest BCUT2D eigenvalue weighted by Crippen LogP contribution is -2.16. The molecular formula is C20H20N2O5S. The summed E-state index contributed by atoms with van der Waals surface area (Å²) in [4.78, 5) is 17.5. The molecule has 0 saturated heterocycles. The molecule has 3 aromatic rings. The first kappa shape index (κ1) is 18.4. The Kier molecular flexibility index (Phi) is 4.95. The first-order valence-electron chi connectivity index (χ1n) is 8.76. The third kappa shape index (κ3) is 3.43. The van der Waals surface area contributed by atoms with Crippen LogP contribution in [0.3, 0.4) is 0 Å². The number of carbonyl (C=O) groups is 1. The zero-order valence-corrected chi connectivity index (χ0v) is 16.7. The maximum absolute atomic E-state index is 12.6. The summed E-state index contributed by atoms with van der Waals surface area (Å²) < 4.78 is 24.7. The van der Waals surface area contributed by atoms with Crippen molar-refractivity contribution in [3.63, 3.8) is 0 Å². The molecule has 8 heteroatoms. The number of ether oxygens (including phenoxy) is 4. The van der Waals surface area contributed by atoms with Crippen molar-refractivity contribution in [2.24, 2.45) is 12.0 Å². The summed E-state index contributed by atoms with van der Waals surface area (Å²) >= 11 is 1.44. The molecule has 4 rings (SSSR count). The Morgan fingerprint density at radius 1 is 1.14 bits per heavy atom. The van der Waals surface area contributed by atoms with Crippen molar-refractivity contribution in [1.82, 2.24) is 4.57 Å². The maximum atomic E-state index is 12.6. The predicted molar refractivity (Wildman–Crippen MR) is 106 cm³/mol. The van der Waals surface area contributed by atoms with Crippen molar-refractivity contribution in [3.8, 4) is 23.0 Å². The van der Waals surface area contributed by atoms with Crippen LogP contribution in [-0.2, 0) is 18.3 Å². The van der Waals surface area contributed by atoms with Gasteiger partial charge in [-0.25, -0.2) is 0 Å². The molecule has 28 heavy (non-hydrogen) atoms. The number of hydrogen-bond donors (Lipinski definition) is 0. The molecule has 2 aromatic carbocycles. The summed E-state index contributed by atoms with van der Waals surface area (Å²) in [5.41, 5.74) is 1.71. The summed E-state index contributed by atoms with van der Waals surface area (Å²) in [6, 6.07) is 9.24. The number of benzene rings is 2. The molecule has 0 aliphatic carbocycles. The van der Waals surface area contributed by atoms with E-state index in [1.807, 2.05) is 29.8 Å². The SMILES string of the molecule is COc1ccc(CC(=O)N=c2sc3cc4c(cc3n2C)OCCO4)c(OC)c1. The number of fused-ring (bicyclic) bond motifs is 2.